The molecule has 3 saturated carbocycles. The van der Waals surface area contributed by atoms with Crippen molar-refractivity contribution < 1.29 is 83.9 Å². The maximum atomic E-state index is 11.5. The van der Waals surface area contributed by atoms with Gasteiger partial charge in [0.15, 0.2) is 24.7 Å². The molecule has 9 rings (SSSR count). The van der Waals surface area contributed by atoms with E-state index in [1.807, 2.05) is 0 Å². The average molecular weight is 885 g/mol. The Morgan fingerprint density at radius 2 is 1.35 bits per heavy atom. The Balaban J connectivity index is 0.848. The Morgan fingerprint density at radius 3 is 2.06 bits per heavy atom. The highest BCUT2D eigenvalue weighted by molar-refractivity contribution is 5.26. The van der Waals surface area contributed by atoms with Gasteiger partial charge in [-0.25, -0.2) is 0 Å². The first-order chi connectivity index (χ1) is 29.4. The number of hydrogen-bond donors (Lipinski definition) is 9. The molecule has 17 nitrogen and oxygen atoms in total. The molecular formula is C45H72O17. The first-order valence-corrected chi connectivity index (χ1v) is 23.4. The van der Waals surface area contributed by atoms with E-state index in [4.69, 9.17) is 37.9 Å². The Bertz CT molecular complexity index is 1610. The average Bonchev–Trinajstić information content (AvgIpc) is 3.70. The third-order valence-electron chi connectivity index (χ3n) is 17.7. The van der Waals surface area contributed by atoms with Gasteiger partial charge in [0, 0.05) is 12.3 Å². The van der Waals surface area contributed by atoms with Crippen molar-refractivity contribution in [1.82, 2.24) is 0 Å². The molecule has 0 amide bonds. The molecule has 0 aromatic heterocycles. The Hall–Kier alpha value is -0.940. The molecule has 9 N–H and O–H groups in total. The van der Waals surface area contributed by atoms with Crippen LogP contribution in [0.25, 0.3) is 0 Å². The highest BCUT2D eigenvalue weighted by atomic mass is 16.8. The first-order valence-electron chi connectivity index (χ1n) is 23.4. The van der Waals surface area contributed by atoms with Crippen LogP contribution in [0.15, 0.2) is 11.6 Å². The number of aliphatic hydroxyl groups is 9. The molecule has 0 aromatic rings. The molecule has 0 bridgehead atoms. The van der Waals surface area contributed by atoms with E-state index in [9.17, 15) is 46.0 Å². The van der Waals surface area contributed by atoms with Crippen LogP contribution in [-0.4, -0.2) is 176 Å². The molecule has 0 aromatic carbocycles. The normalized spacial score (nSPS) is 57.6. The van der Waals surface area contributed by atoms with Crippen molar-refractivity contribution in [3.8, 4) is 0 Å². The van der Waals surface area contributed by atoms with Crippen LogP contribution >= 0.6 is 0 Å². The Kier molecular flexibility index (Phi) is 12.9. The highest BCUT2D eigenvalue weighted by Gasteiger charge is 2.69. The van der Waals surface area contributed by atoms with E-state index >= 15 is 0 Å². The summed E-state index contributed by atoms with van der Waals surface area (Å²) in [6.07, 6.45) is -12.0. The summed E-state index contributed by atoms with van der Waals surface area (Å²) in [6, 6.07) is 0. The van der Waals surface area contributed by atoms with Crippen LogP contribution in [0.2, 0.25) is 0 Å². The van der Waals surface area contributed by atoms with E-state index in [2.05, 4.69) is 33.8 Å². The first kappa shape index (κ1) is 46.2. The summed E-state index contributed by atoms with van der Waals surface area (Å²) in [5.41, 5.74) is 1.58. The van der Waals surface area contributed by atoms with Gasteiger partial charge in [0.05, 0.1) is 38.1 Å². The van der Waals surface area contributed by atoms with E-state index < -0.39 is 111 Å². The van der Waals surface area contributed by atoms with Crippen LogP contribution < -0.4 is 0 Å². The van der Waals surface area contributed by atoms with Crippen molar-refractivity contribution >= 4 is 0 Å². The van der Waals surface area contributed by atoms with Crippen LogP contribution in [0.1, 0.15) is 92.4 Å². The molecule has 5 saturated heterocycles. The topological polar surface area (TPSA) is 256 Å². The highest BCUT2D eigenvalue weighted by Crippen LogP contribution is 2.70. The van der Waals surface area contributed by atoms with Gasteiger partial charge >= 0.3 is 0 Å². The minimum atomic E-state index is -1.81. The fourth-order valence-corrected chi connectivity index (χ4v) is 14.0. The summed E-state index contributed by atoms with van der Waals surface area (Å²) in [7, 11) is 0. The molecular weight excluding hydrogens is 812 g/mol. The summed E-state index contributed by atoms with van der Waals surface area (Å²) >= 11 is 0. The molecule has 0 radical (unpaired) electrons. The Labute approximate surface area is 363 Å². The number of ether oxygens (including phenoxy) is 8. The molecule has 5 aliphatic heterocycles. The summed E-state index contributed by atoms with van der Waals surface area (Å²) in [4.78, 5) is 0. The maximum absolute atomic E-state index is 11.5. The van der Waals surface area contributed by atoms with Crippen molar-refractivity contribution in [1.29, 1.82) is 0 Å². The zero-order chi connectivity index (χ0) is 44.2. The van der Waals surface area contributed by atoms with Gasteiger partial charge in [-0.05, 0) is 98.7 Å². The zero-order valence-corrected chi connectivity index (χ0v) is 36.6. The lowest BCUT2D eigenvalue weighted by Crippen LogP contribution is -2.66. The monoisotopic (exact) mass is 884 g/mol. The van der Waals surface area contributed by atoms with Gasteiger partial charge in [0.25, 0.3) is 0 Å². The molecule has 4 aliphatic carbocycles. The van der Waals surface area contributed by atoms with Crippen molar-refractivity contribution in [2.45, 2.75) is 203 Å². The van der Waals surface area contributed by atoms with Gasteiger partial charge in [-0.2, -0.15) is 0 Å². The van der Waals surface area contributed by atoms with Crippen molar-refractivity contribution in [3.05, 3.63) is 11.6 Å². The standard InChI is InChI=1S/C45H72O17/c1-19-8-13-45(55-18-19)20(2)30-27(62-45)15-26-24-7-6-22-14-23(9-11-43(22,4)25(24)10-12-44(26,30)5)57-41-37(54)35(52)38(29(17-47)59-41)60-42-39(34(51)32(49)28(16-46)58-42)61-40-36(53)33(50)31(48)21(3)56-40/h6,19-21,23-42,46-54H,7-18H2,1-5H3/t19-,20-,21-,23-,24+,25-,26-,27-,28+,29+,30-,31-,32+,33+,34-,35+,36+,37+,38+,39+,40-,41+,42-,43+,44+,45+/m0/s1. The van der Waals surface area contributed by atoms with Crippen molar-refractivity contribution in [3.63, 3.8) is 0 Å². The van der Waals surface area contributed by atoms with Crippen LogP contribution in [0, 0.1) is 46.3 Å². The lowest BCUT2D eigenvalue weighted by Gasteiger charge is -2.58. The van der Waals surface area contributed by atoms with Crippen LogP contribution in [0.5, 0.6) is 0 Å². The van der Waals surface area contributed by atoms with Gasteiger partial charge < -0.3 is 83.9 Å². The minimum Gasteiger partial charge on any atom is -0.394 e. The van der Waals surface area contributed by atoms with Gasteiger partial charge in [-0.3, -0.25) is 0 Å². The third kappa shape index (κ3) is 7.49. The van der Waals surface area contributed by atoms with Crippen molar-refractivity contribution in [2.24, 2.45) is 46.3 Å². The number of fused-ring (bicyclic) bond motifs is 7. The minimum absolute atomic E-state index is 0.00800. The lowest BCUT2D eigenvalue weighted by molar-refractivity contribution is -0.388. The molecule has 62 heavy (non-hydrogen) atoms. The lowest BCUT2D eigenvalue weighted by atomic mass is 9.47. The number of hydrogen-bond acceptors (Lipinski definition) is 17. The summed E-state index contributed by atoms with van der Waals surface area (Å²) in [5.74, 6) is 2.71. The molecule has 17 heteroatoms. The summed E-state index contributed by atoms with van der Waals surface area (Å²) in [6.45, 7) is 10.4. The molecule has 354 valence electrons. The summed E-state index contributed by atoms with van der Waals surface area (Å²) in [5, 5.41) is 96.2. The molecule has 5 heterocycles. The smallest absolute Gasteiger partial charge is 0.187 e. The van der Waals surface area contributed by atoms with Crippen molar-refractivity contribution in [2.75, 3.05) is 19.8 Å². The van der Waals surface area contributed by atoms with E-state index in [1.54, 1.807) is 0 Å². The number of aliphatic hydroxyl groups excluding tert-OH is 9. The zero-order valence-electron chi connectivity index (χ0n) is 36.6. The van der Waals surface area contributed by atoms with Gasteiger partial charge in [-0.1, -0.05) is 39.3 Å². The molecule has 9 aliphatic rings. The SMILES string of the molecule is C[C@H]1CC[C@@]2(OC1)O[C@H]1C[C@H]3[C@@H]4CC=C5C[C@@H](O[C@@H]6O[C@H](CO)[C@@H](O[C@@H]7O[C@H](CO)[C@@H](O)[C@H](O)[C@H]7O[C@@H]7O[C@@H](C)[C@H](O)[C@@H](O)[C@H]7O)[C@H](O)[C@H]6O)CC[C@@]5(C)[C@H]4CC[C@@]3(C)[C@H]1[C@@H]2C. The number of allylic oxidation sites excluding steroid dienone is 1. The van der Waals surface area contributed by atoms with Gasteiger partial charge in [0.2, 0.25) is 0 Å². The summed E-state index contributed by atoms with van der Waals surface area (Å²) < 4.78 is 49.2. The predicted molar refractivity (Wildman–Crippen MR) is 214 cm³/mol. The van der Waals surface area contributed by atoms with Gasteiger partial charge in [-0.15, -0.1) is 0 Å². The molecule has 26 atom stereocenters. The van der Waals surface area contributed by atoms with E-state index in [1.165, 1.54) is 18.9 Å². The fraction of sp³-hybridized carbons (Fsp3) is 0.956. The van der Waals surface area contributed by atoms with Gasteiger partial charge in [0.1, 0.15) is 67.1 Å². The third-order valence-corrected chi connectivity index (χ3v) is 17.7. The fourth-order valence-electron chi connectivity index (χ4n) is 14.0. The second-order valence-electron chi connectivity index (χ2n) is 21.1. The predicted octanol–water partition coefficient (Wildman–Crippen LogP) is 0.214. The second kappa shape index (κ2) is 17.3. The van der Waals surface area contributed by atoms with Crippen LogP contribution in [-0.2, 0) is 37.9 Å². The molecule has 1 spiro atoms. The molecule has 0 unspecified atom stereocenters. The van der Waals surface area contributed by atoms with Crippen LogP contribution in [0.4, 0.5) is 0 Å². The van der Waals surface area contributed by atoms with Crippen LogP contribution in [0.3, 0.4) is 0 Å². The van der Waals surface area contributed by atoms with E-state index in [0.717, 1.165) is 45.1 Å². The largest absolute Gasteiger partial charge is 0.394 e. The molecule has 8 fully saturated rings. The second-order valence-corrected chi connectivity index (χ2v) is 21.1. The number of rotatable bonds is 8. The quantitative estimate of drug-likeness (QED) is 0.148. The Morgan fingerprint density at radius 1 is 0.677 bits per heavy atom. The van der Waals surface area contributed by atoms with E-state index in [0.29, 0.717) is 48.3 Å². The maximum Gasteiger partial charge on any atom is 0.187 e. The van der Waals surface area contributed by atoms with E-state index in [-0.39, 0.29) is 23.0 Å².